The van der Waals surface area contributed by atoms with Crippen LogP contribution in [0.3, 0.4) is 0 Å². The summed E-state index contributed by atoms with van der Waals surface area (Å²) in [4.78, 5) is 34.1. The van der Waals surface area contributed by atoms with Crippen molar-refractivity contribution in [3.05, 3.63) is 24.3 Å². The molecule has 0 saturated carbocycles. The number of allylic oxidation sites excluding steroid dienone is 4. The molecule has 0 aliphatic carbocycles. The first-order valence-corrected chi connectivity index (χ1v) is 17.3. The molecule has 0 fully saturated rings. The number of phosphoric acid groups is 1. The van der Waals surface area contributed by atoms with E-state index in [4.69, 9.17) is 19.1 Å². The monoisotopic (exact) mass is 620 g/mol. The minimum atomic E-state index is -4.59. The molecular weight excluding hydrogens is 563 g/mol. The molecular formula is C31H57O10P. The van der Waals surface area contributed by atoms with Crippen LogP contribution in [0.4, 0.5) is 0 Å². The molecule has 10 nitrogen and oxygen atoms in total. The van der Waals surface area contributed by atoms with Crippen molar-refractivity contribution in [2.75, 3.05) is 26.4 Å². The molecule has 0 rings (SSSR count). The third-order valence-corrected chi connectivity index (χ3v) is 7.31. The third-order valence-electron chi connectivity index (χ3n) is 6.36. The summed E-state index contributed by atoms with van der Waals surface area (Å²) in [6, 6.07) is 0. The van der Waals surface area contributed by atoms with Gasteiger partial charge in [0, 0.05) is 12.8 Å². The Bertz CT molecular complexity index is 771. The molecule has 0 aromatic heterocycles. The number of aliphatic hydroxyl groups is 2. The highest BCUT2D eigenvalue weighted by Crippen LogP contribution is 2.43. The quantitative estimate of drug-likeness (QED) is 0.0356. The summed E-state index contributed by atoms with van der Waals surface area (Å²) in [5, 5.41) is 18.1. The number of carbonyl (C=O) groups is 2. The highest BCUT2D eigenvalue weighted by atomic mass is 31.2. The van der Waals surface area contributed by atoms with Crippen LogP contribution in [-0.2, 0) is 32.7 Å². The van der Waals surface area contributed by atoms with Crippen LogP contribution < -0.4 is 0 Å². The second-order valence-electron chi connectivity index (χ2n) is 10.5. The van der Waals surface area contributed by atoms with E-state index in [0.29, 0.717) is 12.8 Å². The van der Waals surface area contributed by atoms with E-state index < -0.39 is 51.8 Å². The molecule has 0 aliphatic rings. The van der Waals surface area contributed by atoms with Crippen LogP contribution in [0.1, 0.15) is 123 Å². The molecule has 0 aromatic rings. The highest BCUT2D eigenvalue weighted by molar-refractivity contribution is 7.47. The first-order valence-electron chi connectivity index (χ1n) is 15.8. The largest absolute Gasteiger partial charge is 0.472 e. The standard InChI is InChI=1S/C31H57O10P/c1-3-5-7-8-9-10-11-12-13-14-15-16-17-18-19-21-23-31(35)41-29(26-38-30(34)22-20-6-4-2)27-40-42(36,37)39-25-28(33)24-32/h10-11,13-14,28-29,32-33H,3-9,12,15-27H2,1-2H3,(H,36,37)/b11-10-,14-13-. The topological polar surface area (TPSA) is 149 Å². The van der Waals surface area contributed by atoms with Crippen LogP contribution >= 0.6 is 7.82 Å². The summed E-state index contributed by atoms with van der Waals surface area (Å²) < 4.78 is 32.1. The number of unbranched alkanes of at least 4 members (excludes halogenated alkanes) is 11. The fraction of sp³-hybridized carbons (Fsp3) is 0.806. The first-order chi connectivity index (χ1) is 20.2. The summed E-state index contributed by atoms with van der Waals surface area (Å²) in [5.41, 5.74) is 0. The van der Waals surface area contributed by atoms with Crippen molar-refractivity contribution in [2.45, 2.75) is 135 Å². The van der Waals surface area contributed by atoms with Gasteiger partial charge < -0.3 is 24.6 Å². The van der Waals surface area contributed by atoms with Crippen molar-refractivity contribution in [3.8, 4) is 0 Å². The molecule has 3 N–H and O–H groups in total. The predicted octanol–water partition coefficient (Wildman–Crippen LogP) is 6.71. The summed E-state index contributed by atoms with van der Waals surface area (Å²) in [7, 11) is -4.59. The number of carbonyl (C=O) groups excluding carboxylic acids is 2. The Labute approximate surface area is 253 Å². The van der Waals surface area contributed by atoms with E-state index in [0.717, 1.165) is 51.4 Å². The number of aliphatic hydroxyl groups excluding tert-OH is 2. The van der Waals surface area contributed by atoms with Gasteiger partial charge in [-0.25, -0.2) is 4.57 Å². The molecule has 246 valence electrons. The molecule has 0 radical (unpaired) electrons. The molecule has 3 unspecified atom stereocenters. The zero-order valence-corrected chi connectivity index (χ0v) is 26.9. The van der Waals surface area contributed by atoms with Crippen LogP contribution in [0.25, 0.3) is 0 Å². The van der Waals surface area contributed by atoms with Crippen molar-refractivity contribution in [1.29, 1.82) is 0 Å². The van der Waals surface area contributed by atoms with E-state index in [-0.39, 0.29) is 19.4 Å². The van der Waals surface area contributed by atoms with Gasteiger partial charge in [0.05, 0.1) is 19.8 Å². The number of hydrogen-bond acceptors (Lipinski definition) is 9. The highest BCUT2D eigenvalue weighted by Gasteiger charge is 2.27. The van der Waals surface area contributed by atoms with Crippen molar-refractivity contribution >= 4 is 19.8 Å². The Kier molecular flexibility index (Phi) is 27.2. The maximum atomic E-state index is 12.4. The SMILES string of the molecule is CCCCCC/C=C\C/C=C\CCCCCCCC(=O)OC(COC(=O)CCCCC)COP(=O)(O)OCC(O)CO. The Morgan fingerprint density at radius 1 is 0.714 bits per heavy atom. The van der Waals surface area contributed by atoms with Gasteiger partial charge in [0.2, 0.25) is 0 Å². The lowest BCUT2D eigenvalue weighted by Gasteiger charge is -2.20. The minimum Gasteiger partial charge on any atom is -0.462 e. The Hall–Kier alpha value is -1.55. The van der Waals surface area contributed by atoms with Crippen LogP contribution in [0.5, 0.6) is 0 Å². The van der Waals surface area contributed by atoms with E-state index in [9.17, 15) is 24.2 Å². The molecule has 42 heavy (non-hydrogen) atoms. The van der Waals surface area contributed by atoms with Crippen molar-refractivity contribution < 1.29 is 47.8 Å². The average Bonchev–Trinajstić information content (AvgIpc) is 2.97. The van der Waals surface area contributed by atoms with Crippen molar-refractivity contribution in [1.82, 2.24) is 0 Å². The van der Waals surface area contributed by atoms with Gasteiger partial charge >= 0.3 is 19.8 Å². The van der Waals surface area contributed by atoms with Gasteiger partial charge in [-0.3, -0.25) is 18.6 Å². The van der Waals surface area contributed by atoms with E-state index in [1.807, 2.05) is 6.92 Å². The third kappa shape index (κ3) is 27.3. The fourth-order valence-electron chi connectivity index (χ4n) is 3.84. The maximum absolute atomic E-state index is 12.4. The van der Waals surface area contributed by atoms with Crippen LogP contribution in [0.2, 0.25) is 0 Å². The second kappa shape index (κ2) is 28.2. The van der Waals surface area contributed by atoms with Crippen molar-refractivity contribution in [2.24, 2.45) is 0 Å². The smallest absolute Gasteiger partial charge is 0.462 e. The lowest BCUT2D eigenvalue weighted by molar-refractivity contribution is -0.161. The zero-order chi connectivity index (χ0) is 31.3. The van der Waals surface area contributed by atoms with Crippen molar-refractivity contribution in [3.63, 3.8) is 0 Å². The number of rotatable bonds is 29. The predicted molar refractivity (Wildman–Crippen MR) is 164 cm³/mol. The first kappa shape index (κ1) is 40.5. The van der Waals surface area contributed by atoms with E-state index in [1.165, 1.54) is 32.1 Å². The second-order valence-corrected chi connectivity index (χ2v) is 11.9. The van der Waals surface area contributed by atoms with E-state index in [2.05, 4.69) is 35.8 Å². The van der Waals surface area contributed by atoms with E-state index in [1.54, 1.807) is 0 Å². The molecule has 0 aromatic carbocycles. The molecule has 0 saturated heterocycles. The van der Waals surface area contributed by atoms with Gasteiger partial charge in [0.25, 0.3) is 0 Å². The molecule has 0 amide bonds. The van der Waals surface area contributed by atoms with Gasteiger partial charge in [0.1, 0.15) is 12.7 Å². The normalized spacial score (nSPS) is 14.7. The summed E-state index contributed by atoms with van der Waals surface area (Å²) in [5.74, 6) is -0.973. The molecule has 0 spiro atoms. The maximum Gasteiger partial charge on any atom is 0.472 e. The lowest BCUT2D eigenvalue weighted by atomic mass is 10.1. The molecule has 3 atom stereocenters. The Balaban J connectivity index is 4.29. The van der Waals surface area contributed by atoms with Gasteiger partial charge in [0.15, 0.2) is 6.10 Å². The van der Waals surface area contributed by atoms with Crippen LogP contribution in [-0.4, -0.2) is 65.7 Å². The Morgan fingerprint density at radius 2 is 1.24 bits per heavy atom. The summed E-state index contributed by atoms with van der Waals surface area (Å²) >= 11 is 0. The summed E-state index contributed by atoms with van der Waals surface area (Å²) in [6.45, 7) is 2.11. The minimum absolute atomic E-state index is 0.168. The van der Waals surface area contributed by atoms with E-state index >= 15 is 0 Å². The lowest BCUT2D eigenvalue weighted by Crippen LogP contribution is -2.29. The average molecular weight is 621 g/mol. The van der Waals surface area contributed by atoms with Gasteiger partial charge in [-0.1, -0.05) is 89.5 Å². The van der Waals surface area contributed by atoms with Crippen LogP contribution in [0, 0.1) is 0 Å². The zero-order valence-electron chi connectivity index (χ0n) is 26.0. The van der Waals surface area contributed by atoms with Gasteiger partial charge in [-0.15, -0.1) is 0 Å². The number of hydrogen-bond donors (Lipinski definition) is 3. The number of ether oxygens (including phenoxy) is 2. The van der Waals surface area contributed by atoms with Crippen LogP contribution in [0.15, 0.2) is 24.3 Å². The molecule has 0 aliphatic heterocycles. The molecule has 0 heterocycles. The molecule has 0 bridgehead atoms. The molecule has 11 heteroatoms. The van der Waals surface area contributed by atoms with Gasteiger partial charge in [-0.05, 0) is 44.9 Å². The fourth-order valence-corrected chi connectivity index (χ4v) is 4.63. The number of phosphoric ester groups is 1. The Morgan fingerprint density at radius 3 is 1.88 bits per heavy atom. The van der Waals surface area contributed by atoms with Gasteiger partial charge in [-0.2, -0.15) is 0 Å². The number of esters is 2. The summed E-state index contributed by atoms with van der Waals surface area (Å²) in [6.07, 6.45) is 22.5.